The van der Waals surface area contributed by atoms with E-state index in [1.54, 1.807) is 0 Å². The van der Waals surface area contributed by atoms with Crippen LogP contribution in [0.15, 0.2) is 84.9 Å². The molecule has 0 fully saturated rings. The molecular weight excluding hydrogens is 392 g/mol. The second-order valence-electron chi connectivity index (χ2n) is 8.65. The van der Waals surface area contributed by atoms with Gasteiger partial charge in [0.05, 0.1) is 17.8 Å². The van der Waals surface area contributed by atoms with Crippen LogP contribution in [0.2, 0.25) is 0 Å². The van der Waals surface area contributed by atoms with Crippen molar-refractivity contribution in [3.05, 3.63) is 107 Å². The van der Waals surface area contributed by atoms with E-state index in [0.29, 0.717) is 0 Å². The topological polar surface area (TPSA) is 72.2 Å². The summed E-state index contributed by atoms with van der Waals surface area (Å²) >= 11 is 0. The number of benzene rings is 3. The fourth-order valence-electron chi connectivity index (χ4n) is 3.43. The minimum absolute atomic E-state index is 0.0243. The molecule has 0 aliphatic heterocycles. The zero-order valence-electron chi connectivity index (χ0n) is 17.7. The van der Waals surface area contributed by atoms with Crippen molar-refractivity contribution in [1.82, 2.24) is 4.72 Å². The quantitative estimate of drug-likeness (QED) is 0.572. The molecule has 0 spiro atoms. The van der Waals surface area contributed by atoms with Crippen LogP contribution in [0.4, 0.5) is 0 Å². The Bertz CT molecular complexity index is 1040. The smallest absolute Gasteiger partial charge is 0.216 e. The van der Waals surface area contributed by atoms with E-state index >= 15 is 0 Å². The van der Waals surface area contributed by atoms with Gasteiger partial charge in [0, 0.05) is 0 Å². The highest BCUT2D eigenvalue weighted by molar-refractivity contribution is 7.88. The lowest BCUT2D eigenvalue weighted by Crippen LogP contribution is -2.36. The minimum Gasteiger partial charge on any atom is -0.322 e. The van der Waals surface area contributed by atoms with E-state index in [4.69, 9.17) is 5.73 Å². The van der Waals surface area contributed by atoms with E-state index in [1.165, 1.54) is 5.56 Å². The fourth-order valence-corrected chi connectivity index (χ4v) is 4.82. The number of hydrogen-bond acceptors (Lipinski definition) is 3. The predicted molar refractivity (Wildman–Crippen MR) is 123 cm³/mol. The molecular formula is C25H30N2O2S. The lowest BCUT2D eigenvalue weighted by Gasteiger charge is -2.26. The van der Waals surface area contributed by atoms with Gasteiger partial charge in [0.1, 0.15) is 0 Å². The number of sulfonamides is 1. The van der Waals surface area contributed by atoms with Crippen molar-refractivity contribution < 1.29 is 8.42 Å². The van der Waals surface area contributed by atoms with Crippen molar-refractivity contribution in [3.63, 3.8) is 0 Å². The summed E-state index contributed by atoms with van der Waals surface area (Å²) in [5, 5.41) is 0. The molecule has 3 rings (SSSR count). The Kier molecular flexibility index (Phi) is 6.76. The Hall–Kier alpha value is -2.47. The van der Waals surface area contributed by atoms with Crippen LogP contribution < -0.4 is 10.5 Å². The molecule has 0 saturated carbocycles. The summed E-state index contributed by atoms with van der Waals surface area (Å²) in [5.41, 5.74) is 10.2. The monoisotopic (exact) mass is 422 g/mol. The SMILES string of the molecule is CC(C)(C)c1ccc(CS(=O)(=O)NC(c2ccccc2)C(N)c2ccccc2)cc1. The highest BCUT2D eigenvalue weighted by Crippen LogP contribution is 2.28. The molecule has 158 valence electrons. The highest BCUT2D eigenvalue weighted by Gasteiger charge is 2.26. The van der Waals surface area contributed by atoms with Gasteiger partial charge >= 0.3 is 0 Å². The summed E-state index contributed by atoms with van der Waals surface area (Å²) in [5.74, 6) is -0.0950. The van der Waals surface area contributed by atoms with Gasteiger partial charge in [-0.05, 0) is 27.7 Å². The molecule has 3 aromatic carbocycles. The Labute approximate surface area is 180 Å². The van der Waals surface area contributed by atoms with Gasteiger partial charge in [0.2, 0.25) is 10.0 Å². The van der Waals surface area contributed by atoms with Gasteiger partial charge in [-0.25, -0.2) is 13.1 Å². The molecule has 2 atom stereocenters. The van der Waals surface area contributed by atoms with Crippen LogP contribution >= 0.6 is 0 Å². The zero-order valence-corrected chi connectivity index (χ0v) is 18.6. The van der Waals surface area contributed by atoms with Crippen molar-refractivity contribution in [3.8, 4) is 0 Å². The van der Waals surface area contributed by atoms with Gasteiger partial charge in [0.25, 0.3) is 0 Å². The number of rotatable bonds is 7. The Morgan fingerprint density at radius 1 is 0.800 bits per heavy atom. The maximum absolute atomic E-state index is 13.0. The van der Waals surface area contributed by atoms with E-state index < -0.39 is 22.1 Å². The molecule has 0 aromatic heterocycles. The summed E-state index contributed by atoms with van der Waals surface area (Å²) in [6, 6.07) is 25.7. The maximum Gasteiger partial charge on any atom is 0.216 e. The summed E-state index contributed by atoms with van der Waals surface area (Å²) in [6.07, 6.45) is 0. The molecule has 0 bridgehead atoms. The van der Waals surface area contributed by atoms with Gasteiger partial charge in [-0.1, -0.05) is 106 Å². The van der Waals surface area contributed by atoms with Crippen LogP contribution in [0.5, 0.6) is 0 Å². The lowest BCUT2D eigenvalue weighted by molar-refractivity contribution is 0.503. The van der Waals surface area contributed by atoms with E-state index in [-0.39, 0.29) is 11.2 Å². The van der Waals surface area contributed by atoms with E-state index in [2.05, 4.69) is 25.5 Å². The molecule has 5 heteroatoms. The molecule has 3 N–H and O–H groups in total. The van der Waals surface area contributed by atoms with Gasteiger partial charge in [-0.3, -0.25) is 0 Å². The van der Waals surface area contributed by atoms with Gasteiger partial charge < -0.3 is 5.73 Å². The zero-order chi connectivity index (χ0) is 21.8. The average Bonchev–Trinajstić information content (AvgIpc) is 2.72. The van der Waals surface area contributed by atoms with Crippen molar-refractivity contribution >= 4 is 10.0 Å². The molecule has 4 nitrogen and oxygen atoms in total. The van der Waals surface area contributed by atoms with Crippen LogP contribution in [-0.4, -0.2) is 8.42 Å². The molecule has 30 heavy (non-hydrogen) atoms. The third-order valence-electron chi connectivity index (χ3n) is 5.19. The summed E-state index contributed by atoms with van der Waals surface area (Å²) in [7, 11) is -3.61. The first-order chi connectivity index (χ1) is 14.2. The van der Waals surface area contributed by atoms with E-state index in [9.17, 15) is 8.42 Å². The fraction of sp³-hybridized carbons (Fsp3) is 0.280. The van der Waals surface area contributed by atoms with Gasteiger partial charge in [-0.2, -0.15) is 0 Å². The lowest BCUT2D eigenvalue weighted by atomic mass is 9.87. The first kappa shape index (κ1) is 22.2. The van der Waals surface area contributed by atoms with Gasteiger partial charge in [0.15, 0.2) is 0 Å². The standard InChI is InChI=1S/C25H30N2O2S/c1-25(2,3)22-16-14-19(15-17-22)18-30(28,29)27-24(21-12-8-5-9-13-21)23(26)20-10-6-4-7-11-20/h4-17,23-24,27H,18,26H2,1-3H3. The van der Waals surface area contributed by atoms with E-state index in [0.717, 1.165) is 16.7 Å². The van der Waals surface area contributed by atoms with Crippen LogP contribution in [0, 0.1) is 0 Å². The second kappa shape index (κ2) is 9.13. The van der Waals surface area contributed by atoms with Crippen molar-refractivity contribution in [2.45, 2.75) is 44.0 Å². The molecule has 3 aromatic rings. The maximum atomic E-state index is 13.0. The third-order valence-corrected chi connectivity index (χ3v) is 6.51. The van der Waals surface area contributed by atoms with E-state index in [1.807, 2.05) is 84.9 Å². The average molecular weight is 423 g/mol. The first-order valence-electron chi connectivity index (χ1n) is 10.1. The molecule has 2 unspecified atom stereocenters. The van der Waals surface area contributed by atoms with Crippen LogP contribution in [0.3, 0.4) is 0 Å². The number of nitrogens with two attached hydrogens (primary N) is 1. The molecule has 0 aliphatic carbocycles. The van der Waals surface area contributed by atoms with Crippen molar-refractivity contribution in [1.29, 1.82) is 0 Å². The van der Waals surface area contributed by atoms with Crippen LogP contribution in [0.25, 0.3) is 0 Å². The van der Waals surface area contributed by atoms with Crippen LogP contribution in [-0.2, 0) is 21.2 Å². The molecule has 0 radical (unpaired) electrons. The molecule has 0 aliphatic rings. The van der Waals surface area contributed by atoms with Gasteiger partial charge in [-0.15, -0.1) is 0 Å². The minimum atomic E-state index is -3.61. The highest BCUT2D eigenvalue weighted by atomic mass is 32.2. The van der Waals surface area contributed by atoms with Crippen molar-refractivity contribution in [2.24, 2.45) is 5.73 Å². The first-order valence-corrected chi connectivity index (χ1v) is 11.8. The largest absolute Gasteiger partial charge is 0.322 e. The summed E-state index contributed by atoms with van der Waals surface area (Å²) in [4.78, 5) is 0. The summed E-state index contributed by atoms with van der Waals surface area (Å²) in [6.45, 7) is 6.40. The molecule has 0 saturated heterocycles. The van der Waals surface area contributed by atoms with Crippen molar-refractivity contribution in [2.75, 3.05) is 0 Å². The number of nitrogens with one attached hydrogen (secondary N) is 1. The molecule has 0 heterocycles. The second-order valence-corrected chi connectivity index (χ2v) is 10.4. The Balaban J connectivity index is 1.84. The normalized spacial score (nSPS) is 14.3. The van der Waals surface area contributed by atoms with Crippen LogP contribution in [0.1, 0.15) is 55.1 Å². The number of hydrogen-bond donors (Lipinski definition) is 2. The Morgan fingerprint density at radius 3 is 1.80 bits per heavy atom. The third kappa shape index (κ3) is 5.79. The summed E-state index contributed by atoms with van der Waals surface area (Å²) < 4.78 is 28.9. The predicted octanol–water partition coefficient (Wildman–Crippen LogP) is 4.84. The molecule has 0 amide bonds. The Morgan fingerprint density at radius 2 is 1.30 bits per heavy atom.